The van der Waals surface area contributed by atoms with E-state index in [2.05, 4.69) is 10.6 Å². The van der Waals surface area contributed by atoms with Gasteiger partial charge in [-0.15, -0.1) is 0 Å². The first-order valence-corrected chi connectivity index (χ1v) is 12.7. The van der Waals surface area contributed by atoms with E-state index in [4.69, 9.17) is 19.9 Å². The van der Waals surface area contributed by atoms with Gasteiger partial charge in [-0.3, -0.25) is 14.4 Å². The highest BCUT2D eigenvalue weighted by Crippen LogP contribution is 2.41. The fourth-order valence-corrected chi connectivity index (χ4v) is 4.17. The molecule has 0 saturated carbocycles. The first-order valence-electron chi connectivity index (χ1n) is 12.7. The van der Waals surface area contributed by atoms with Gasteiger partial charge in [0, 0.05) is 19.4 Å². The number of hydrogen-bond donors (Lipinski definition) is 3. The van der Waals surface area contributed by atoms with E-state index in [-0.39, 0.29) is 50.8 Å². The van der Waals surface area contributed by atoms with Crippen molar-refractivity contribution < 1.29 is 28.6 Å². The highest BCUT2D eigenvalue weighted by atomic mass is 16.5. The van der Waals surface area contributed by atoms with Crippen LogP contribution in [0.3, 0.4) is 0 Å². The number of carbonyl (C=O) groups is 3. The van der Waals surface area contributed by atoms with Gasteiger partial charge in [0.2, 0.25) is 11.8 Å². The maximum atomic E-state index is 12.4. The Balaban J connectivity index is 1.77. The minimum Gasteiger partial charge on any atom is -0.497 e. The first kappa shape index (κ1) is 29.3. The fraction of sp³-hybridized carbons (Fsp3) is 0.300. The summed E-state index contributed by atoms with van der Waals surface area (Å²) < 4.78 is 17.4. The fourth-order valence-electron chi connectivity index (χ4n) is 4.17. The van der Waals surface area contributed by atoms with Crippen molar-refractivity contribution in [3.63, 3.8) is 0 Å². The Labute approximate surface area is 228 Å². The second-order valence-electron chi connectivity index (χ2n) is 8.72. The minimum atomic E-state index is -0.984. The highest BCUT2D eigenvalue weighted by Gasteiger charge is 2.37. The summed E-state index contributed by atoms with van der Waals surface area (Å²) >= 11 is 0. The predicted octanol–water partition coefficient (Wildman–Crippen LogP) is 2.55. The highest BCUT2D eigenvalue weighted by molar-refractivity contribution is 5.89. The van der Waals surface area contributed by atoms with E-state index in [1.165, 1.54) is 0 Å². The second kappa shape index (κ2) is 14.7. The zero-order valence-corrected chi connectivity index (χ0v) is 22.3. The number of hydrogen-bond acceptors (Lipinski definition) is 7. The average molecular weight is 534 g/mol. The number of ketones is 1. The minimum absolute atomic E-state index is 0.0120. The summed E-state index contributed by atoms with van der Waals surface area (Å²) in [6.45, 7) is 0.0953. The lowest BCUT2D eigenvalue weighted by molar-refractivity contribution is -0.126. The van der Waals surface area contributed by atoms with E-state index in [0.29, 0.717) is 0 Å². The van der Waals surface area contributed by atoms with Crippen LogP contribution in [0.5, 0.6) is 11.5 Å². The van der Waals surface area contributed by atoms with Crippen LogP contribution in [0.25, 0.3) is 0 Å². The van der Waals surface area contributed by atoms with E-state index in [1.807, 2.05) is 78.9 Å². The van der Waals surface area contributed by atoms with E-state index in [9.17, 15) is 14.4 Å². The molecule has 0 saturated heterocycles. The molecule has 0 heterocycles. The molecule has 0 aliphatic heterocycles. The molecule has 0 atom stereocenters. The van der Waals surface area contributed by atoms with Crippen molar-refractivity contribution in [1.29, 1.82) is 0 Å². The molecule has 0 aromatic heterocycles. The SMILES string of the molecule is COc1ccc(C(OCCNC(=O)CCC(=O)CNC(=O)CN)(c2ccccc2)c2ccc(OC)cc2)cc1. The predicted molar refractivity (Wildman–Crippen MR) is 148 cm³/mol. The van der Waals surface area contributed by atoms with E-state index < -0.39 is 11.5 Å². The van der Waals surface area contributed by atoms with Gasteiger partial charge in [0.1, 0.15) is 17.1 Å². The number of benzene rings is 3. The topological polar surface area (TPSA) is 129 Å². The lowest BCUT2D eigenvalue weighted by Gasteiger charge is -2.36. The summed E-state index contributed by atoms with van der Waals surface area (Å²) in [7, 11) is 3.23. The zero-order valence-electron chi connectivity index (χ0n) is 22.3. The summed E-state index contributed by atoms with van der Waals surface area (Å²) in [6, 6.07) is 25.2. The summed E-state index contributed by atoms with van der Waals surface area (Å²) in [5.41, 5.74) is 6.91. The maximum Gasteiger partial charge on any atom is 0.234 e. The Kier molecular flexibility index (Phi) is 11.0. The smallest absolute Gasteiger partial charge is 0.234 e. The number of nitrogens with two attached hydrogens (primary N) is 1. The van der Waals surface area contributed by atoms with Gasteiger partial charge in [0.15, 0.2) is 5.78 Å². The van der Waals surface area contributed by atoms with Gasteiger partial charge in [0.25, 0.3) is 0 Å². The van der Waals surface area contributed by atoms with Crippen LogP contribution in [0.2, 0.25) is 0 Å². The number of methoxy groups -OCH3 is 2. The summed E-state index contributed by atoms with van der Waals surface area (Å²) in [5, 5.41) is 5.22. The van der Waals surface area contributed by atoms with Gasteiger partial charge in [-0.25, -0.2) is 0 Å². The van der Waals surface area contributed by atoms with E-state index >= 15 is 0 Å². The molecule has 3 aromatic carbocycles. The number of rotatable bonds is 15. The van der Waals surface area contributed by atoms with Gasteiger partial charge in [-0.2, -0.15) is 0 Å². The molecule has 2 amide bonds. The molecular weight excluding hydrogens is 498 g/mol. The molecule has 0 aliphatic rings. The van der Waals surface area contributed by atoms with Gasteiger partial charge in [0.05, 0.1) is 33.9 Å². The Morgan fingerprint density at radius 2 is 1.26 bits per heavy atom. The van der Waals surface area contributed by atoms with Crippen LogP contribution < -0.4 is 25.8 Å². The number of amides is 2. The number of nitrogens with one attached hydrogen (secondary N) is 2. The third kappa shape index (κ3) is 7.89. The molecule has 9 heteroatoms. The van der Waals surface area contributed by atoms with Crippen LogP contribution in [0, 0.1) is 0 Å². The van der Waals surface area contributed by atoms with Gasteiger partial charge >= 0.3 is 0 Å². The average Bonchev–Trinajstić information content (AvgIpc) is 2.99. The number of Topliss-reactive ketones (excluding diaryl/α,β-unsaturated/α-hetero) is 1. The van der Waals surface area contributed by atoms with Crippen molar-refractivity contribution in [3.8, 4) is 11.5 Å². The third-order valence-corrected chi connectivity index (χ3v) is 6.22. The molecule has 0 radical (unpaired) electrons. The zero-order chi connectivity index (χ0) is 28.1. The van der Waals surface area contributed by atoms with Crippen molar-refractivity contribution in [3.05, 3.63) is 95.6 Å². The van der Waals surface area contributed by atoms with Crippen molar-refractivity contribution >= 4 is 17.6 Å². The van der Waals surface area contributed by atoms with Crippen molar-refractivity contribution in [2.75, 3.05) is 40.5 Å². The van der Waals surface area contributed by atoms with Crippen LogP contribution in [0.15, 0.2) is 78.9 Å². The van der Waals surface area contributed by atoms with Gasteiger partial charge in [-0.1, -0.05) is 54.6 Å². The lowest BCUT2D eigenvalue weighted by Crippen LogP contribution is -2.37. The Morgan fingerprint density at radius 3 is 1.77 bits per heavy atom. The quantitative estimate of drug-likeness (QED) is 0.202. The van der Waals surface area contributed by atoms with Crippen LogP contribution in [0.4, 0.5) is 0 Å². The van der Waals surface area contributed by atoms with Crippen LogP contribution in [-0.2, 0) is 24.7 Å². The molecule has 9 nitrogen and oxygen atoms in total. The summed E-state index contributed by atoms with van der Waals surface area (Å²) in [4.78, 5) is 35.5. The molecule has 39 heavy (non-hydrogen) atoms. The Morgan fingerprint density at radius 1 is 0.718 bits per heavy atom. The molecule has 0 spiro atoms. The van der Waals surface area contributed by atoms with Crippen molar-refractivity contribution in [2.24, 2.45) is 5.73 Å². The van der Waals surface area contributed by atoms with Crippen LogP contribution in [0.1, 0.15) is 29.5 Å². The first-order chi connectivity index (χ1) is 18.9. The number of carbonyl (C=O) groups excluding carboxylic acids is 3. The summed E-state index contributed by atoms with van der Waals surface area (Å²) in [6.07, 6.45) is 0.0291. The Hall–Kier alpha value is -4.21. The Bertz CT molecular complexity index is 1170. The largest absolute Gasteiger partial charge is 0.497 e. The molecule has 0 bridgehead atoms. The van der Waals surface area contributed by atoms with E-state index in [0.717, 1.165) is 28.2 Å². The number of ether oxygens (including phenoxy) is 3. The van der Waals surface area contributed by atoms with Gasteiger partial charge in [-0.05, 0) is 41.0 Å². The monoisotopic (exact) mass is 533 g/mol. The molecular formula is C30H35N3O6. The molecule has 3 rings (SSSR count). The third-order valence-electron chi connectivity index (χ3n) is 6.22. The van der Waals surface area contributed by atoms with E-state index in [1.54, 1.807) is 14.2 Å². The summed E-state index contributed by atoms with van der Waals surface area (Å²) in [5.74, 6) is 0.502. The normalized spacial score (nSPS) is 10.9. The molecule has 0 fully saturated rings. The van der Waals surface area contributed by atoms with Gasteiger partial charge < -0.3 is 30.6 Å². The standard InChI is InChI=1S/C30H35N3O6/c1-37-26-13-8-23(9-14-26)30(22-6-4-3-5-7-22,24-10-15-27(38-2)16-11-24)39-19-18-32-28(35)17-12-25(34)21-33-29(36)20-31/h3-11,13-16H,12,17-21,31H2,1-2H3,(H,32,35)(H,33,36). The molecule has 0 unspecified atom stereocenters. The van der Waals surface area contributed by atoms with Crippen LogP contribution in [-0.4, -0.2) is 58.1 Å². The van der Waals surface area contributed by atoms with Crippen molar-refractivity contribution in [1.82, 2.24) is 10.6 Å². The lowest BCUT2D eigenvalue weighted by atomic mass is 9.80. The van der Waals surface area contributed by atoms with Crippen molar-refractivity contribution in [2.45, 2.75) is 18.4 Å². The molecule has 3 aromatic rings. The molecule has 206 valence electrons. The van der Waals surface area contributed by atoms with Crippen LogP contribution >= 0.6 is 0 Å². The maximum absolute atomic E-state index is 12.4. The molecule has 4 N–H and O–H groups in total. The molecule has 0 aliphatic carbocycles. The second-order valence-corrected chi connectivity index (χ2v) is 8.72.